The molecule has 1 saturated carbocycles. The molecule has 102 valence electrons. The monoisotopic (exact) mass is 240 g/mol. The largest absolute Gasteiger partial charge is 0.327 e. The van der Waals surface area contributed by atoms with Gasteiger partial charge in [0.25, 0.3) is 0 Å². The van der Waals surface area contributed by atoms with Gasteiger partial charge in [0.1, 0.15) is 0 Å². The molecule has 0 amide bonds. The molecule has 0 aromatic carbocycles. The lowest BCUT2D eigenvalue weighted by molar-refractivity contribution is 0.190. The Bertz CT molecular complexity index is 225. The molecule has 1 aliphatic carbocycles. The number of nitrogens with two attached hydrogens (primary N) is 1. The summed E-state index contributed by atoms with van der Waals surface area (Å²) in [5.74, 6) is 1.51. The molecule has 0 bridgehead atoms. The quantitative estimate of drug-likeness (QED) is 0.773. The maximum Gasteiger partial charge on any atom is 0.0131 e. The van der Waals surface area contributed by atoms with Crippen molar-refractivity contribution in [1.29, 1.82) is 0 Å². The molecule has 2 N–H and O–H groups in total. The molecule has 0 spiro atoms. The second kappa shape index (κ2) is 6.19. The first-order chi connectivity index (χ1) is 7.90. The normalized spacial score (nSPS) is 29.8. The smallest absolute Gasteiger partial charge is 0.0131 e. The van der Waals surface area contributed by atoms with Crippen molar-refractivity contribution in [3.05, 3.63) is 0 Å². The van der Waals surface area contributed by atoms with E-state index in [4.69, 9.17) is 5.73 Å². The van der Waals surface area contributed by atoms with Crippen molar-refractivity contribution in [2.45, 2.75) is 59.9 Å². The highest BCUT2D eigenvalue weighted by Crippen LogP contribution is 2.40. The molecule has 0 aromatic rings. The van der Waals surface area contributed by atoms with Crippen molar-refractivity contribution in [2.24, 2.45) is 23.0 Å². The van der Waals surface area contributed by atoms with Crippen LogP contribution in [0.15, 0.2) is 0 Å². The van der Waals surface area contributed by atoms with Crippen LogP contribution < -0.4 is 5.73 Å². The number of hydrogen-bond donors (Lipinski definition) is 1. The minimum atomic E-state index is 0.348. The number of nitrogens with zero attached hydrogens (tertiary/aromatic N) is 1. The lowest BCUT2D eigenvalue weighted by Crippen LogP contribution is -2.43. The van der Waals surface area contributed by atoms with Gasteiger partial charge in [-0.1, -0.05) is 41.0 Å². The van der Waals surface area contributed by atoms with Crippen molar-refractivity contribution < 1.29 is 0 Å². The molecule has 1 rings (SSSR count). The fourth-order valence-corrected chi connectivity index (χ4v) is 2.98. The van der Waals surface area contributed by atoms with Crippen LogP contribution >= 0.6 is 0 Å². The summed E-state index contributed by atoms with van der Waals surface area (Å²) in [7, 11) is 0. The van der Waals surface area contributed by atoms with Gasteiger partial charge in [-0.2, -0.15) is 0 Å². The van der Waals surface area contributed by atoms with E-state index in [1.54, 1.807) is 0 Å². The molecular formula is C15H32N2. The molecule has 0 aliphatic heterocycles. The van der Waals surface area contributed by atoms with Crippen LogP contribution in [0.2, 0.25) is 0 Å². The van der Waals surface area contributed by atoms with Crippen molar-refractivity contribution in [1.82, 2.24) is 4.90 Å². The summed E-state index contributed by atoms with van der Waals surface area (Å²) in [4.78, 5) is 2.60. The Morgan fingerprint density at radius 3 is 2.41 bits per heavy atom. The van der Waals surface area contributed by atoms with Crippen molar-refractivity contribution in [3.63, 3.8) is 0 Å². The highest BCUT2D eigenvalue weighted by atomic mass is 15.1. The van der Waals surface area contributed by atoms with E-state index in [0.29, 0.717) is 17.4 Å². The summed E-state index contributed by atoms with van der Waals surface area (Å²) < 4.78 is 0. The highest BCUT2D eigenvalue weighted by Gasteiger charge is 2.39. The Kier molecular flexibility index (Phi) is 5.46. The molecule has 3 unspecified atom stereocenters. The molecule has 2 nitrogen and oxygen atoms in total. The van der Waals surface area contributed by atoms with E-state index in [0.717, 1.165) is 12.5 Å². The Balaban J connectivity index is 2.47. The first-order valence-electron chi connectivity index (χ1n) is 7.38. The molecule has 0 heterocycles. The lowest BCUT2D eigenvalue weighted by Gasteiger charge is -2.31. The predicted octanol–water partition coefficient (Wildman–Crippen LogP) is 3.12. The third-order valence-corrected chi connectivity index (χ3v) is 4.78. The van der Waals surface area contributed by atoms with Gasteiger partial charge in [0.05, 0.1) is 0 Å². The van der Waals surface area contributed by atoms with E-state index in [-0.39, 0.29) is 0 Å². The minimum Gasteiger partial charge on any atom is -0.327 e. The molecular weight excluding hydrogens is 208 g/mol. The Labute approximate surface area is 108 Å². The maximum atomic E-state index is 6.40. The second-order valence-electron chi connectivity index (χ2n) is 6.68. The number of rotatable bonds is 6. The SMILES string of the molecule is CCC(C)CN(CC)CC1CCC(C)(C)C1N. The van der Waals surface area contributed by atoms with Gasteiger partial charge in [-0.15, -0.1) is 0 Å². The van der Waals surface area contributed by atoms with Crippen molar-refractivity contribution in [3.8, 4) is 0 Å². The Hall–Kier alpha value is -0.0800. The van der Waals surface area contributed by atoms with Crippen LogP contribution in [-0.4, -0.2) is 30.6 Å². The average Bonchev–Trinajstić information content (AvgIpc) is 2.54. The van der Waals surface area contributed by atoms with E-state index in [9.17, 15) is 0 Å². The summed E-state index contributed by atoms with van der Waals surface area (Å²) in [6.45, 7) is 15.1. The van der Waals surface area contributed by atoms with Gasteiger partial charge < -0.3 is 10.6 Å². The van der Waals surface area contributed by atoms with Crippen LogP contribution in [0.25, 0.3) is 0 Å². The first-order valence-corrected chi connectivity index (χ1v) is 7.38. The fraction of sp³-hybridized carbons (Fsp3) is 1.00. The van der Waals surface area contributed by atoms with Crippen LogP contribution in [-0.2, 0) is 0 Å². The molecule has 2 heteroatoms. The van der Waals surface area contributed by atoms with E-state index in [1.807, 2.05) is 0 Å². The van der Waals surface area contributed by atoms with Crippen LogP contribution in [0.3, 0.4) is 0 Å². The molecule has 0 radical (unpaired) electrons. The van der Waals surface area contributed by atoms with Crippen molar-refractivity contribution >= 4 is 0 Å². The van der Waals surface area contributed by atoms with Gasteiger partial charge in [0.2, 0.25) is 0 Å². The molecule has 0 saturated heterocycles. The predicted molar refractivity (Wildman–Crippen MR) is 76.0 cm³/mol. The van der Waals surface area contributed by atoms with E-state index < -0.39 is 0 Å². The van der Waals surface area contributed by atoms with Crippen molar-refractivity contribution in [2.75, 3.05) is 19.6 Å². The van der Waals surface area contributed by atoms with Gasteiger partial charge in [0, 0.05) is 19.1 Å². The first kappa shape index (κ1) is 15.0. The molecule has 3 atom stereocenters. The lowest BCUT2D eigenvalue weighted by atomic mass is 9.85. The van der Waals surface area contributed by atoms with Crippen LogP contribution in [0.5, 0.6) is 0 Å². The molecule has 17 heavy (non-hydrogen) atoms. The second-order valence-corrected chi connectivity index (χ2v) is 6.68. The Morgan fingerprint density at radius 2 is 2.00 bits per heavy atom. The highest BCUT2D eigenvalue weighted by molar-refractivity contribution is 4.95. The zero-order chi connectivity index (χ0) is 13.1. The fourth-order valence-electron chi connectivity index (χ4n) is 2.98. The molecule has 0 aromatic heterocycles. The third-order valence-electron chi connectivity index (χ3n) is 4.78. The van der Waals surface area contributed by atoms with Crippen LogP contribution in [0.1, 0.15) is 53.9 Å². The van der Waals surface area contributed by atoms with Gasteiger partial charge in [-0.3, -0.25) is 0 Å². The van der Waals surface area contributed by atoms with E-state index in [1.165, 1.54) is 32.4 Å². The summed E-state index contributed by atoms with van der Waals surface area (Å²) in [5.41, 5.74) is 6.74. The third kappa shape index (κ3) is 3.96. The summed E-state index contributed by atoms with van der Waals surface area (Å²) in [6, 6.07) is 0.383. The van der Waals surface area contributed by atoms with Gasteiger partial charge in [-0.05, 0) is 36.6 Å². The standard InChI is InChI=1S/C15H32N2/c1-6-12(3)10-17(7-2)11-13-8-9-15(4,5)14(13)16/h12-14H,6-11,16H2,1-5H3. The van der Waals surface area contributed by atoms with Crippen LogP contribution in [0, 0.1) is 17.3 Å². The Morgan fingerprint density at radius 1 is 1.35 bits per heavy atom. The van der Waals surface area contributed by atoms with Crippen LogP contribution in [0.4, 0.5) is 0 Å². The van der Waals surface area contributed by atoms with E-state index in [2.05, 4.69) is 39.5 Å². The maximum absolute atomic E-state index is 6.40. The number of hydrogen-bond acceptors (Lipinski definition) is 2. The summed E-state index contributed by atoms with van der Waals surface area (Å²) in [5, 5.41) is 0. The van der Waals surface area contributed by atoms with Gasteiger partial charge in [0.15, 0.2) is 0 Å². The molecule has 1 aliphatic rings. The summed E-state index contributed by atoms with van der Waals surface area (Å²) >= 11 is 0. The van der Waals surface area contributed by atoms with Gasteiger partial charge in [-0.25, -0.2) is 0 Å². The topological polar surface area (TPSA) is 29.3 Å². The zero-order valence-electron chi connectivity index (χ0n) is 12.5. The minimum absolute atomic E-state index is 0.348. The van der Waals surface area contributed by atoms with E-state index >= 15 is 0 Å². The molecule has 1 fully saturated rings. The average molecular weight is 240 g/mol. The van der Waals surface area contributed by atoms with Gasteiger partial charge >= 0.3 is 0 Å². The zero-order valence-corrected chi connectivity index (χ0v) is 12.5. The summed E-state index contributed by atoms with van der Waals surface area (Å²) in [6.07, 6.45) is 3.88.